The number of hydrogen-bond acceptors (Lipinski definition) is 4. The molecule has 0 radical (unpaired) electrons. The first-order valence-electron chi connectivity index (χ1n) is 7.88. The van der Waals surface area contributed by atoms with E-state index < -0.39 is 10.0 Å². The molecule has 130 valence electrons. The van der Waals surface area contributed by atoms with Crippen molar-refractivity contribution in [3.63, 3.8) is 0 Å². The van der Waals surface area contributed by atoms with Crippen molar-refractivity contribution in [1.29, 1.82) is 0 Å². The van der Waals surface area contributed by atoms with E-state index in [1.807, 2.05) is 56.3 Å². The van der Waals surface area contributed by atoms with Crippen LogP contribution in [0, 0.1) is 0 Å². The summed E-state index contributed by atoms with van der Waals surface area (Å²) in [6, 6.07) is 16.2. The fourth-order valence-electron chi connectivity index (χ4n) is 2.43. The van der Waals surface area contributed by atoms with Crippen LogP contribution in [0.5, 0.6) is 5.75 Å². The first-order chi connectivity index (χ1) is 11.4. The maximum Gasteiger partial charge on any atom is 0.240 e. The Balaban J connectivity index is 2.10. The maximum atomic E-state index is 12.5. The molecule has 0 aromatic heterocycles. The second-order valence-electron chi connectivity index (χ2n) is 5.65. The van der Waals surface area contributed by atoms with Crippen LogP contribution >= 0.6 is 0 Å². The minimum absolute atomic E-state index is 0.0383. The van der Waals surface area contributed by atoms with Gasteiger partial charge in [0, 0.05) is 12.6 Å². The Morgan fingerprint density at radius 1 is 1.04 bits per heavy atom. The minimum atomic E-state index is -3.56. The van der Waals surface area contributed by atoms with Gasteiger partial charge in [-0.2, -0.15) is 0 Å². The Kier molecular flexibility index (Phi) is 6.36. The summed E-state index contributed by atoms with van der Waals surface area (Å²) >= 11 is 0. The third-order valence-electron chi connectivity index (χ3n) is 3.72. The third kappa shape index (κ3) is 4.80. The molecule has 2 aromatic carbocycles. The van der Waals surface area contributed by atoms with Crippen LogP contribution in [0.25, 0.3) is 0 Å². The summed E-state index contributed by atoms with van der Waals surface area (Å²) in [6.07, 6.45) is 0. The molecule has 2 aromatic rings. The minimum Gasteiger partial charge on any atom is -0.494 e. The normalized spacial score (nSPS) is 13.0. The topological polar surface area (TPSA) is 58.6 Å². The summed E-state index contributed by atoms with van der Waals surface area (Å²) in [5, 5.41) is 0. The lowest BCUT2D eigenvalue weighted by atomic mass is 10.1. The van der Waals surface area contributed by atoms with Gasteiger partial charge in [-0.1, -0.05) is 30.3 Å². The molecule has 5 nitrogen and oxygen atoms in total. The molecule has 1 unspecified atom stereocenters. The number of benzene rings is 2. The first kappa shape index (κ1) is 18.4. The van der Waals surface area contributed by atoms with Crippen LogP contribution in [-0.4, -0.2) is 40.6 Å². The number of rotatable bonds is 8. The number of likely N-dealkylation sites (N-methyl/N-ethyl adjacent to an activating group) is 1. The van der Waals surface area contributed by atoms with Crippen molar-refractivity contribution >= 4 is 10.0 Å². The molecular formula is C18H24N2O3S. The lowest BCUT2D eigenvalue weighted by molar-refractivity contribution is 0.299. The summed E-state index contributed by atoms with van der Waals surface area (Å²) in [7, 11) is 0.306. The standard InChI is InChI=1S/C18H24N2O3S/c1-4-23-16-10-12-17(13-11-16)24(21,22)19-14-18(20(2)3)15-8-6-5-7-9-15/h5-13,18-19H,4,14H2,1-3H3. The van der Waals surface area contributed by atoms with Crippen LogP contribution in [0.1, 0.15) is 18.5 Å². The molecule has 0 bridgehead atoms. The highest BCUT2D eigenvalue weighted by molar-refractivity contribution is 7.89. The average molecular weight is 348 g/mol. The molecule has 0 aliphatic heterocycles. The molecule has 1 N–H and O–H groups in total. The summed E-state index contributed by atoms with van der Waals surface area (Å²) in [5.41, 5.74) is 1.07. The quantitative estimate of drug-likeness (QED) is 0.797. The molecule has 1 atom stereocenters. The van der Waals surface area contributed by atoms with Gasteiger partial charge in [0.25, 0.3) is 0 Å². The van der Waals surface area contributed by atoms with Gasteiger partial charge in [-0.3, -0.25) is 0 Å². The lowest BCUT2D eigenvalue weighted by Crippen LogP contribution is -2.34. The van der Waals surface area contributed by atoms with Crippen LogP contribution in [0.4, 0.5) is 0 Å². The number of nitrogens with zero attached hydrogens (tertiary/aromatic N) is 1. The van der Waals surface area contributed by atoms with Crippen LogP contribution in [0.15, 0.2) is 59.5 Å². The lowest BCUT2D eigenvalue weighted by Gasteiger charge is -2.25. The highest BCUT2D eigenvalue weighted by Gasteiger charge is 2.19. The van der Waals surface area contributed by atoms with E-state index in [0.29, 0.717) is 18.9 Å². The van der Waals surface area contributed by atoms with Gasteiger partial charge >= 0.3 is 0 Å². The molecule has 6 heteroatoms. The van der Waals surface area contributed by atoms with E-state index in [4.69, 9.17) is 4.74 Å². The van der Waals surface area contributed by atoms with E-state index in [1.54, 1.807) is 24.3 Å². The van der Waals surface area contributed by atoms with E-state index in [2.05, 4.69) is 4.72 Å². The summed E-state index contributed by atoms with van der Waals surface area (Å²) in [4.78, 5) is 2.23. The van der Waals surface area contributed by atoms with E-state index >= 15 is 0 Å². The summed E-state index contributed by atoms with van der Waals surface area (Å²) in [6.45, 7) is 2.73. The molecule has 0 heterocycles. The molecule has 2 rings (SSSR count). The van der Waals surface area contributed by atoms with E-state index in [9.17, 15) is 8.42 Å². The molecule has 0 spiro atoms. The molecule has 0 saturated heterocycles. The Bertz CT molecular complexity index is 729. The fourth-order valence-corrected chi connectivity index (χ4v) is 3.47. The second kappa shape index (κ2) is 8.28. The SMILES string of the molecule is CCOc1ccc(S(=O)(=O)NCC(c2ccccc2)N(C)C)cc1. The molecule has 0 aliphatic carbocycles. The van der Waals surface area contributed by atoms with Crippen LogP contribution in [0.2, 0.25) is 0 Å². The zero-order valence-corrected chi connectivity index (χ0v) is 15.1. The van der Waals surface area contributed by atoms with Crippen molar-refractivity contribution in [2.75, 3.05) is 27.2 Å². The predicted octanol–water partition coefficient (Wildman–Crippen LogP) is 2.67. The Labute approximate surface area is 144 Å². The largest absolute Gasteiger partial charge is 0.494 e. The fraction of sp³-hybridized carbons (Fsp3) is 0.333. The molecule has 0 saturated carbocycles. The zero-order valence-electron chi connectivity index (χ0n) is 14.3. The highest BCUT2D eigenvalue weighted by atomic mass is 32.2. The third-order valence-corrected chi connectivity index (χ3v) is 5.16. The monoisotopic (exact) mass is 348 g/mol. The van der Waals surface area contributed by atoms with Crippen molar-refractivity contribution in [1.82, 2.24) is 9.62 Å². The van der Waals surface area contributed by atoms with Gasteiger partial charge < -0.3 is 9.64 Å². The van der Waals surface area contributed by atoms with Crippen molar-refractivity contribution in [2.24, 2.45) is 0 Å². The van der Waals surface area contributed by atoms with Crippen LogP contribution in [0.3, 0.4) is 0 Å². The first-order valence-corrected chi connectivity index (χ1v) is 9.36. The Hall–Kier alpha value is -1.89. The highest BCUT2D eigenvalue weighted by Crippen LogP contribution is 2.19. The van der Waals surface area contributed by atoms with Gasteiger partial charge in [-0.25, -0.2) is 13.1 Å². The molecule has 0 aliphatic rings. The van der Waals surface area contributed by atoms with Gasteiger partial charge in [-0.05, 0) is 50.8 Å². The molecule has 24 heavy (non-hydrogen) atoms. The van der Waals surface area contributed by atoms with E-state index in [-0.39, 0.29) is 10.9 Å². The molecule has 0 fully saturated rings. The van der Waals surface area contributed by atoms with Gasteiger partial charge in [0.2, 0.25) is 10.0 Å². The number of ether oxygens (including phenoxy) is 1. The number of nitrogens with one attached hydrogen (secondary N) is 1. The van der Waals surface area contributed by atoms with Crippen molar-refractivity contribution in [3.05, 3.63) is 60.2 Å². The number of sulfonamides is 1. The summed E-state index contributed by atoms with van der Waals surface area (Å²) < 4.78 is 33.0. The van der Waals surface area contributed by atoms with E-state index in [0.717, 1.165) is 5.56 Å². The number of hydrogen-bond donors (Lipinski definition) is 1. The zero-order chi connectivity index (χ0) is 17.6. The smallest absolute Gasteiger partial charge is 0.240 e. The molecular weight excluding hydrogens is 324 g/mol. The van der Waals surface area contributed by atoms with Gasteiger partial charge in [0.15, 0.2) is 0 Å². The van der Waals surface area contributed by atoms with Crippen molar-refractivity contribution in [2.45, 2.75) is 17.9 Å². The summed E-state index contributed by atoms with van der Waals surface area (Å²) in [5.74, 6) is 0.659. The maximum absolute atomic E-state index is 12.5. The molecule has 0 amide bonds. The van der Waals surface area contributed by atoms with Crippen molar-refractivity contribution < 1.29 is 13.2 Å². The van der Waals surface area contributed by atoms with Crippen molar-refractivity contribution in [3.8, 4) is 5.75 Å². The Morgan fingerprint density at radius 3 is 2.21 bits per heavy atom. The predicted molar refractivity (Wildman–Crippen MR) is 95.7 cm³/mol. The van der Waals surface area contributed by atoms with Gasteiger partial charge in [-0.15, -0.1) is 0 Å². The van der Waals surface area contributed by atoms with Crippen LogP contribution in [-0.2, 0) is 10.0 Å². The average Bonchev–Trinajstić information content (AvgIpc) is 2.56. The van der Waals surface area contributed by atoms with Gasteiger partial charge in [0.05, 0.1) is 11.5 Å². The second-order valence-corrected chi connectivity index (χ2v) is 7.41. The van der Waals surface area contributed by atoms with E-state index in [1.165, 1.54) is 0 Å². The Morgan fingerprint density at radius 2 is 1.67 bits per heavy atom. The van der Waals surface area contributed by atoms with Gasteiger partial charge in [0.1, 0.15) is 5.75 Å². The van der Waals surface area contributed by atoms with Crippen LogP contribution < -0.4 is 9.46 Å².